The molecule has 1 aromatic rings. The zero-order chi connectivity index (χ0) is 16.7. The monoisotopic (exact) mass is 328 g/mol. The fraction of sp³-hybridized carbons (Fsp3) is 0.667. The third-order valence-electron chi connectivity index (χ3n) is 3.65. The predicted molar refractivity (Wildman–Crippen MR) is 85.5 cm³/mol. The number of methoxy groups -OCH3 is 1. The van der Waals surface area contributed by atoms with Crippen LogP contribution in [0.15, 0.2) is 4.52 Å². The number of hydrogen-bond donors (Lipinski definition) is 1. The van der Waals surface area contributed by atoms with E-state index in [4.69, 9.17) is 9.26 Å². The van der Waals surface area contributed by atoms with Gasteiger partial charge in [0.25, 0.3) is 0 Å². The molecule has 7 heteroatoms. The second kappa shape index (κ2) is 8.82. The highest BCUT2D eigenvalue weighted by molar-refractivity contribution is 7.99. The summed E-state index contributed by atoms with van der Waals surface area (Å²) in [6.45, 7) is 7.62. The average Bonchev–Trinajstić information content (AvgIpc) is 2.82. The van der Waals surface area contributed by atoms with Crippen molar-refractivity contribution in [2.45, 2.75) is 45.9 Å². The van der Waals surface area contributed by atoms with Crippen molar-refractivity contribution >= 4 is 23.6 Å². The second-order valence-electron chi connectivity index (χ2n) is 5.25. The van der Waals surface area contributed by atoms with Crippen LogP contribution in [0.1, 0.15) is 37.3 Å². The molecular formula is C15H24N2O4S. The van der Waals surface area contributed by atoms with E-state index in [0.717, 1.165) is 23.4 Å². The summed E-state index contributed by atoms with van der Waals surface area (Å²) in [5.74, 6) is 1.15. The lowest BCUT2D eigenvalue weighted by Crippen LogP contribution is -2.46. The highest BCUT2D eigenvalue weighted by Crippen LogP contribution is 2.19. The fourth-order valence-corrected chi connectivity index (χ4v) is 2.95. The van der Waals surface area contributed by atoms with Gasteiger partial charge in [-0.3, -0.25) is 4.79 Å². The summed E-state index contributed by atoms with van der Waals surface area (Å²) in [5.41, 5.74) is 1.86. The van der Waals surface area contributed by atoms with E-state index in [-0.39, 0.29) is 17.6 Å². The number of nitrogens with zero attached hydrogens (tertiary/aromatic N) is 1. The van der Waals surface area contributed by atoms with Gasteiger partial charge < -0.3 is 14.6 Å². The van der Waals surface area contributed by atoms with Gasteiger partial charge in [-0.2, -0.15) is 0 Å². The molecule has 1 aromatic heterocycles. The molecule has 0 bridgehead atoms. The molecule has 0 radical (unpaired) electrons. The molecule has 0 aliphatic carbocycles. The van der Waals surface area contributed by atoms with Crippen LogP contribution in [0.5, 0.6) is 0 Å². The van der Waals surface area contributed by atoms with Crippen LogP contribution in [-0.2, 0) is 20.1 Å². The molecule has 1 N–H and O–H groups in total. The molecule has 1 heterocycles. The lowest BCUT2D eigenvalue weighted by Gasteiger charge is -2.21. The first kappa shape index (κ1) is 18.5. The van der Waals surface area contributed by atoms with Gasteiger partial charge in [0.1, 0.15) is 11.8 Å². The number of esters is 1. The molecule has 0 aliphatic rings. The van der Waals surface area contributed by atoms with Crippen LogP contribution < -0.4 is 5.32 Å². The first-order chi connectivity index (χ1) is 10.4. The number of rotatable bonds is 8. The van der Waals surface area contributed by atoms with Crippen LogP contribution in [0.25, 0.3) is 0 Å². The molecular weight excluding hydrogens is 304 g/mol. The topological polar surface area (TPSA) is 81.4 Å². The third kappa shape index (κ3) is 5.05. The first-order valence-electron chi connectivity index (χ1n) is 7.27. The molecule has 124 valence electrons. The van der Waals surface area contributed by atoms with Gasteiger partial charge in [-0.25, -0.2) is 4.79 Å². The molecule has 0 saturated carbocycles. The quantitative estimate of drug-likeness (QED) is 0.737. The molecule has 22 heavy (non-hydrogen) atoms. The fourth-order valence-electron chi connectivity index (χ4n) is 1.97. The van der Waals surface area contributed by atoms with Gasteiger partial charge in [-0.05, 0) is 19.8 Å². The number of amides is 1. The van der Waals surface area contributed by atoms with Crippen molar-refractivity contribution in [2.24, 2.45) is 5.92 Å². The van der Waals surface area contributed by atoms with Crippen LogP contribution in [0.4, 0.5) is 0 Å². The van der Waals surface area contributed by atoms with Gasteiger partial charge >= 0.3 is 5.97 Å². The van der Waals surface area contributed by atoms with Crippen molar-refractivity contribution < 1.29 is 18.8 Å². The number of carbonyl (C=O) groups is 2. The van der Waals surface area contributed by atoms with Crippen molar-refractivity contribution in [1.82, 2.24) is 10.5 Å². The van der Waals surface area contributed by atoms with Crippen LogP contribution in [0, 0.1) is 19.8 Å². The Morgan fingerprint density at radius 3 is 2.59 bits per heavy atom. The molecule has 0 spiro atoms. The van der Waals surface area contributed by atoms with Gasteiger partial charge in [-0.1, -0.05) is 25.4 Å². The number of aryl methyl sites for hydroxylation is 2. The Balaban J connectivity index is 2.49. The number of nitrogens with one attached hydrogen (secondary N) is 1. The largest absolute Gasteiger partial charge is 0.467 e. The van der Waals surface area contributed by atoms with Gasteiger partial charge in [0.15, 0.2) is 0 Å². The Morgan fingerprint density at radius 1 is 1.41 bits per heavy atom. The Bertz CT molecular complexity index is 496. The Kier molecular flexibility index (Phi) is 7.44. The molecule has 0 saturated heterocycles. The SMILES string of the molecule is CCC(C)C(NC(=O)CSCc1c(C)noc1C)C(=O)OC. The lowest BCUT2D eigenvalue weighted by molar-refractivity contribution is -0.146. The van der Waals surface area contributed by atoms with Crippen LogP contribution >= 0.6 is 11.8 Å². The van der Waals surface area contributed by atoms with Gasteiger partial charge in [0, 0.05) is 11.3 Å². The summed E-state index contributed by atoms with van der Waals surface area (Å²) in [7, 11) is 1.33. The van der Waals surface area contributed by atoms with E-state index in [2.05, 4.69) is 10.5 Å². The van der Waals surface area contributed by atoms with Crippen molar-refractivity contribution in [3.05, 3.63) is 17.0 Å². The molecule has 2 atom stereocenters. The lowest BCUT2D eigenvalue weighted by atomic mass is 9.99. The van der Waals surface area contributed by atoms with Crippen LogP contribution in [-0.4, -0.2) is 35.9 Å². The Labute approximate surface area is 135 Å². The molecule has 1 amide bonds. The summed E-state index contributed by atoms with van der Waals surface area (Å²) in [5, 5.41) is 6.64. The predicted octanol–water partition coefficient (Wildman–Crippen LogP) is 2.23. The van der Waals surface area contributed by atoms with Gasteiger partial charge in [-0.15, -0.1) is 11.8 Å². The third-order valence-corrected chi connectivity index (χ3v) is 4.60. The van der Waals surface area contributed by atoms with Crippen molar-refractivity contribution in [3.63, 3.8) is 0 Å². The minimum atomic E-state index is -0.595. The summed E-state index contributed by atoms with van der Waals surface area (Å²) in [4.78, 5) is 23.7. The van der Waals surface area contributed by atoms with Crippen molar-refractivity contribution in [2.75, 3.05) is 12.9 Å². The Morgan fingerprint density at radius 2 is 2.09 bits per heavy atom. The highest BCUT2D eigenvalue weighted by Gasteiger charge is 2.26. The molecule has 1 rings (SSSR count). The number of aromatic nitrogens is 1. The van der Waals surface area contributed by atoms with Crippen molar-refractivity contribution in [1.29, 1.82) is 0 Å². The molecule has 2 unspecified atom stereocenters. The van der Waals surface area contributed by atoms with E-state index < -0.39 is 12.0 Å². The number of thioether (sulfide) groups is 1. The average molecular weight is 328 g/mol. The van der Waals surface area contributed by atoms with E-state index in [1.165, 1.54) is 18.9 Å². The second-order valence-corrected chi connectivity index (χ2v) is 6.23. The zero-order valence-corrected chi connectivity index (χ0v) is 14.6. The summed E-state index contributed by atoms with van der Waals surface area (Å²) < 4.78 is 9.83. The first-order valence-corrected chi connectivity index (χ1v) is 8.42. The van der Waals surface area contributed by atoms with Gasteiger partial charge in [0.05, 0.1) is 18.6 Å². The summed E-state index contributed by atoms with van der Waals surface area (Å²) in [6, 6.07) is -0.595. The normalized spacial score (nSPS) is 13.5. The van der Waals surface area contributed by atoms with Crippen LogP contribution in [0.3, 0.4) is 0 Å². The smallest absolute Gasteiger partial charge is 0.328 e. The number of ether oxygens (including phenoxy) is 1. The van der Waals surface area contributed by atoms with E-state index >= 15 is 0 Å². The maximum absolute atomic E-state index is 12.0. The molecule has 0 aromatic carbocycles. The summed E-state index contributed by atoms with van der Waals surface area (Å²) >= 11 is 1.46. The van der Waals surface area contributed by atoms with Gasteiger partial charge in [0.2, 0.25) is 5.91 Å². The zero-order valence-electron chi connectivity index (χ0n) is 13.8. The standard InChI is InChI=1S/C15H24N2O4S/c1-6-9(2)14(15(19)20-5)16-13(18)8-22-7-12-10(3)17-21-11(12)4/h9,14H,6-8H2,1-5H3,(H,16,18). The molecule has 0 fully saturated rings. The van der Waals surface area contributed by atoms with Crippen LogP contribution in [0.2, 0.25) is 0 Å². The van der Waals surface area contributed by atoms with E-state index in [1.807, 2.05) is 27.7 Å². The van der Waals surface area contributed by atoms with E-state index in [0.29, 0.717) is 5.75 Å². The van der Waals surface area contributed by atoms with Crippen molar-refractivity contribution in [3.8, 4) is 0 Å². The summed E-state index contributed by atoms with van der Waals surface area (Å²) in [6.07, 6.45) is 0.784. The molecule has 6 nitrogen and oxygen atoms in total. The molecule has 0 aliphatic heterocycles. The van der Waals surface area contributed by atoms with E-state index in [9.17, 15) is 9.59 Å². The Hall–Kier alpha value is -1.50. The number of hydrogen-bond acceptors (Lipinski definition) is 6. The minimum absolute atomic E-state index is 0.0314. The highest BCUT2D eigenvalue weighted by atomic mass is 32.2. The maximum Gasteiger partial charge on any atom is 0.328 e. The van der Waals surface area contributed by atoms with E-state index in [1.54, 1.807) is 0 Å². The maximum atomic E-state index is 12.0. The minimum Gasteiger partial charge on any atom is -0.467 e. The number of carbonyl (C=O) groups excluding carboxylic acids is 2.